The second-order valence-electron chi connectivity index (χ2n) is 8.60. The number of hydrogen-bond acceptors (Lipinski definition) is 4. The van der Waals surface area contributed by atoms with Crippen molar-refractivity contribution in [2.75, 3.05) is 10.2 Å². The van der Waals surface area contributed by atoms with Crippen LogP contribution in [-0.4, -0.2) is 26.3 Å². The monoisotopic (exact) mass is 439 g/mol. The van der Waals surface area contributed by atoms with E-state index in [1.54, 1.807) is 17.3 Å². The van der Waals surface area contributed by atoms with Crippen molar-refractivity contribution in [1.29, 1.82) is 0 Å². The zero-order valence-corrected chi connectivity index (χ0v) is 18.6. The molecule has 33 heavy (non-hydrogen) atoms. The molecule has 166 valence electrons. The van der Waals surface area contributed by atoms with Gasteiger partial charge in [-0.3, -0.25) is 24.0 Å². The zero-order chi connectivity index (χ0) is 22.9. The molecule has 2 aromatic carbocycles. The van der Waals surface area contributed by atoms with Crippen LogP contribution in [0.3, 0.4) is 0 Å². The molecule has 5 rings (SSSR count). The quantitative estimate of drug-likeness (QED) is 0.473. The molecule has 2 amide bonds. The molecule has 0 aliphatic carbocycles. The van der Waals surface area contributed by atoms with Crippen LogP contribution in [0.5, 0.6) is 0 Å². The molecule has 0 fully saturated rings. The molecular weight excluding hydrogens is 414 g/mol. The zero-order valence-electron chi connectivity index (χ0n) is 18.6. The number of imidazole rings is 1. The number of anilines is 2. The maximum Gasteiger partial charge on any atom is 0.253 e. The molecule has 1 unspecified atom stereocenters. The van der Waals surface area contributed by atoms with Crippen LogP contribution in [0.15, 0.2) is 73.1 Å². The van der Waals surface area contributed by atoms with Crippen molar-refractivity contribution in [3.63, 3.8) is 0 Å². The van der Waals surface area contributed by atoms with Crippen molar-refractivity contribution in [3.8, 4) is 0 Å². The van der Waals surface area contributed by atoms with Crippen LogP contribution < -0.4 is 10.2 Å². The Hall–Kier alpha value is -4.00. The van der Waals surface area contributed by atoms with Crippen molar-refractivity contribution in [3.05, 3.63) is 84.2 Å². The van der Waals surface area contributed by atoms with Gasteiger partial charge < -0.3 is 5.32 Å². The van der Waals surface area contributed by atoms with E-state index >= 15 is 0 Å². The highest BCUT2D eigenvalue weighted by Crippen LogP contribution is 2.37. The van der Waals surface area contributed by atoms with Crippen LogP contribution in [0.25, 0.3) is 11.0 Å². The number of carbonyl (C=O) groups excluding carboxylic acids is 2. The van der Waals surface area contributed by atoms with Crippen molar-refractivity contribution in [2.24, 2.45) is 0 Å². The van der Waals surface area contributed by atoms with Crippen LogP contribution in [-0.2, 0) is 16.1 Å². The Bertz CT molecular complexity index is 1310. The maximum atomic E-state index is 13.4. The first kappa shape index (κ1) is 20.9. The van der Waals surface area contributed by atoms with E-state index in [-0.39, 0.29) is 18.2 Å². The molecule has 0 saturated heterocycles. The SMILES string of the molecule is CC(C)c1ccc(NC(=O)CC2C(=O)N(Cc3cccnc3)c3nc4ccccc4n32)cc1. The highest BCUT2D eigenvalue weighted by atomic mass is 16.2. The summed E-state index contributed by atoms with van der Waals surface area (Å²) in [5.41, 5.74) is 4.47. The van der Waals surface area contributed by atoms with Gasteiger partial charge in [0.1, 0.15) is 6.04 Å². The molecule has 0 spiro atoms. The normalized spacial score (nSPS) is 15.3. The lowest BCUT2D eigenvalue weighted by molar-refractivity contribution is -0.124. The first-order valence-electron chi connectivity index (χ1n) is 11.1. The maximum absolute atomic E-state index is 13.4. The van der Waals surface area contributed by atoms with Gasteiger partial charge in [-0.2, -0.15) is 0 Å². The van der Waals surface area contributed by atoms with E-state index in [1.807, 2.05) is 65.2 Å². The van der Waals surface area contributed by atoms with E-state index < -0.39 is 6.04 Å². The van der Waals surface area contributed by atoms with Crippen LogP contribution in [0.4, 0.5) is 11.6 Å². The topological polar surface area (TPSA) is 80.1 Å². The minimum atomic E-state index is -0.654. The third kappa shape index (κ3) is 3.98. The Kier molecular flexibility index (Phi) is 5.38. The van der Waals surface area contributed by atoms with E-state index in [0.29, 0.717) is 18.4 Å². The fourth-order valence-electron chi connectivity index (χ4n) is 4.26. The van der Waals surface area contributed by atoms with Gasteiger partial charge in [-0.05, 0) is 47.4 Å². The summed E-state index contributed by atoms with van der Waals surface area (Å²) in [7, 11) is 0. The molecular formula is C26H25N5O2. The summed E-state index contributed by atoms with van der Waals surface area (Å²) in [5, 5.41) is 2.94. The van der Waals surface area contributed by atoms with Gasteiger partial charge in [0.2, 0.25) is 11.9 Å². The smallest absolute Gasteiger partial charge is 0.253 e. The van der Waals surface area contributed by atoms with Gasteiger partial charge >= 0.3 is 0 Å². The molecule has 1 N–H and O–H groups in total. The van der Waals surface area contributed by atoms with Crippen LogP contribution in [0.1, 0.15) is 43.4 Å². The van der Waals surface area contributed by atoms with E-state index in [1.165, 1.54) is 5.56 Å². The number of aromatic nitrogens is 3. The summed E-state index contributed by atoms with van der Waals surface area (Å²) < 4.78 is 1.88. The number of benzene rings is 2. The van der Waals surface area contributed by atoms with Crippen molar-refractivity contribution >= 4 is 34.5 Å². The van der Waals surface area contributed by atoms with Crippen molar-refractivity contribution in [2.45, 2.75) is 38.8 Å². The van der Waals surface area contributed by atoms with Crippen molar-refractivity contribution < 1.29 is 9.59 Å². The fourth-order valence-corrected chi connectivity index (χ4v) is 4.26. The third-order valence-electron chi connectivity index (χ3n) is 5.98. The number of amides is 2. The molecule has 1 atom stereocenters. The summed E-state index contributed by atoms with van der Waals surface area (Å²) in [6.07, 6.45) is 3.47. The standard InChI is InChI=1S/C26H25N5O2/c1-17(2)19-9-11-20(12-10-19)28-24(32)14-23-25(33)30(16-18-6-5-13-27-15-18)26-29-21-7-3-4-8-22(21)31(23)26/h3-13,15,17,23H,14,16H2,1-2H3,(H,28,32). The Morgan fingerprint density at radius 2 is 1.85 bits per heavy atom. The Morgan fingerprint density at radius 1 is 1.06 bits per heavy atom. The molecule has 0 saturated carbocycles. The van der Waals surface area contributed by atoms with Gasteiger partial charge in [0.15, 0.2) is 0 Å². The summed E-state index contributed by atoms with van der Waals surface area (Å²) in [6.45, 7) is 4.61. The molecule has 7 nitrogen and oxygen atoms in total. The number of nitrogens with zero attached hydrogens (tertiary/aromatic N) is 4. The second kappa shape index (κ2) is 8.50. The fraction of sp³-hybridized carbons (Fsp3) is 0.231. The summed E-state index contributed by atoms with van der Waals surface area (Å²) in [4.78, 5) is 36.9. The first-order valence-corrected chi connectivity index (χ1v) is 11.1. The molecule has 0 radical (unpaired) electrons. The van der Waals surface area contributed by atoms with Crippen LogP contribution >= 0.6 is 0 Å². The number of nitrogens with one attached hydrogen (secondary N) is 1. The second-order valence-corrected chi connectivity index (χ2v) is 8.60. The molecule has 3 heterocycles. The third-order valence-corrected chi connectivity index (χ3v) is 5.98. The number of rotatable bonds is 6. The van der Waals surface area contributed by atoms with Crippen LogP contribution in [0.2, 0.25) is 0 Å². The number of fused-ring (bicyclic) bond motifs is 3. The molecule has 7 heteroatoms. The largest absolute Gasteiger partial charge is 0.326 e. The first-order chi connectivity index (χ1) is 16.0. The van der Waals surface area contributed by atoms with Gasteiger partial charge in [0.25, 0.3) is 5.91 Å². The van der Waals surface area contributed by atoms with Gasteiger partial charge in [-0.1, -0.05) is 44.2 Å². The number of pyridine rings is 1. The summed E-state index contributed by atoms with van der Waals surface area (Å²) in [5.74, 6) is 0.628. The van der Waals surface area contributed by atoms with E-state index in [0.717, 1.165) is 22.3 Å². The lowest BCUT2D eigenvalue weighted by atomic mass is 10.0. The molecule has 4 aromatic rings. The number of carbonyl (C=O) groups is 2. The van der Waals surface area contributed by atoms with Gasteiger partial charge in [0.05, 0.1) is 24.0 Å². The highest BCUT2D eigenvalue weighted by Gasteiger charge is 2.40. The Morgan fingerprint density at radius 3 is 2.58 bits per heavy atom. The number of hydrogen-bond donors (Lipinski definition) is 1. The molecule has 1 aliphatic rings. The van der Waals surface area contributed by atoms with E-state index in [9.17, 15) is 9.59 Å². The summed E-state index contributed by atoms with van der Waals surface area (Å²) >= 11 is 0. The molecule has 0 bridgehead atoms. The predicted molar refractivity (Wildman–Crippen MR) is 128 cm³/mol. The lowest BCUT2D eigenvalue weighted by Gasteiger charge is -2.16. The highest BCUT2D eigenvalue weighted by molar-refractivity contribution is 6.05. The molecule has 1 aliphatic heterocycles. The van der Waals surface area contributed by atoms with Crippen LogP contribution in [0, 0.1) is 0 Å². The van der Waals surface area contributed by atoms with Crippen molar-refractivity contribution in [1.82, 2.24) is 14.5 Å². The Balaban J connectivity index is 1.42. The number of para-hydroxylation sites is 2. The van der Waals surface area contributed by atoms with E-state index in [4.69, 9.17) is 4.98 Å². The Labute approximate surface area is 192 Å². The average Bonchev–Trinajstić information content (AvgIpc) is 3.31. The minimum absolute atomic E-state index is 0.0294. The average molecular weight is 440 g/mol. The predicted octanol–water partition coefficient (Wildman–Crippen LogP) is 4.67. The minimum Gasteiger partial charge on any atom is -0.326 e. The van der Waals surface area contributed by atoms with Gasteiger partial charge in [-0.15, -0.1) is 0 Å². The van der Waals surface area contributed by atoms with E-state index in [2.05, 4.69) is 24.1 Å². The van der Waals surface area contributed by atoms with Gasteiger partial charge in [0, 0.05) is 18.1 Å². The molecule has 2 aromatic heterocycles. The van der Waals surface area contributed by atoms with Gasteiger partial charge in [-0.25, -0.2) is 4.98 Å². The summed E-state index contributed by atoms with van der Waals surface area (Å²) in [6, 6.07) is 18.6. The lowest BCUT2D eigenvalue weighted by Crippen LogP contribution is -2.31.